The summed E-state index contributed by atoms with van der Waals surface area (Å²) in [5.74, 6) is 1.13. The van der Waals surface area contributed by atoms with Crippen LogP contribution in [0.1, 0.15) is 15.9 Å². The molecule has 0 aliphatic rings. The molecule has 0 radical (unpaired) electrons. The summed E-state index contributed by atoms with van der Waals surface area (Å²) in [5.41, 5.74) is 3.01. The molecule has 9 nitrogen and oxygen atoms in total. The SMILES string of the molecule is COc1cc2ncnc(N(C)C(=O)Nc3cc(C(=O)Nc4ccc5ccccc5c4)ccc3C)c2cc1OC. The van der Waals surface area contributed by atoms with Gasteiger partial charge in [0.05, 0.1) is 19.7 Å². The maximum Gasteiger partial charge on any atom is 0.327 e. The summed E-state index contributed by atoms with van der Waals surface area (Å²) >= 11 is 0. The molecule has 0 saturated carbocycles. The van der Waals surface area contributed by atoms with Crippen molar-refractivity contribution in [1.29, 1.82) is 0 Å². The Morgan fingerprint density at radius 3 is 2.33 bits per heavy atom. The number of aromatic nitrogens is 2. The summed E-state index contributed by atoms with van der Waals surface area (Å²) < 4.78 is 10.8. The average molecular weight is 522 g/mol. The first kappa shape index (κ1) is 25.5. The molecule has 0 aliphatic carbocycles. The molecule has 0 aliphatic heterocycles. The second-order valence-electron chi connectivity index (χ2n) is 8.96. The van der Waals surface area contributed by atoms with Crippen molar-refractivity contribution >= 4 is 50.8 Å². The van der Waals surface area contributed by atoms with Crippen molar-refractivity contribution in [1.82, 2.24) is 9.97 Å². The van der Waals surface area contributed by atoms with Gasteiger partial charge in [-0.2, -0.15) is 0 Å². The highest BCUT2D eigenvalue weighted by molar-refractivity contribution is 6.09. The lowest BCUT2D eigenvalue weighted by molar-refractivity contribution is 0.102. The van der Waals surface area contributed by atoms with E-state index in [4.69, 9.17) is 9.47 Å². The van der Waals surface area contributed by atoms with Crippen molar-refractivity contribution in [2.24, 2.45) is 0 Å². The van der Waals surface area contributed by atoms with Crippen LogP contribution in [0.5, 0.6) is 11.5 Å². The van der Waals surface area contributed by atoms with Crippen LogP contribution in [0.2, 0.25) is 0 Å². The first-order valence-corrected chi connectivity index (χ1v) is 12.2. The second-order valence-corrected chi connectivity index (χ2v) is 8.96. The largest absolute Gasteiger partial charge is 0.493 e. The van der Waals surface area contributed by atoms with Crippen LogP contribution in [-0.4, -0.2) is 43.2 Å². The van der Waals surface area contributed by atoms with E-state index in [2.05, 4.69) is 20.6 Å². The number of ether oxygens (including phenoxy) is 2. The molecular weight excluding hydrogens is 494 g/mol. The number of aryl methyl sites for hydroxylation is 1. The summed E-state index contributed by atoms with van der Waals surface area (Å²) in [5, 5.41) is 8.58. The van der Waals surface area contributed by atoms with Gasteiger partial charge < -0.3 is 20.1 Å². The van der Waals surface area contributed by atoms with E-state index in [1.165, 1.54) is 18.3 Å². The number of hydrogen-bond donors (Lipinski definition) is 2. The molecule has 0 saturated heterocycles. The van der Waals surface area contributed by atoms with E-state index < -0.39 is 6.03 Å². The molecule has 0 spiro atoms. The van der Waals surface area contributed by atoms with Gasteiger partial charge in [-0.3, -0.25) is 9.69 Å². The van der Waals surface area contributed by atoms with Crippen molar-refractivity contribution in [3.8, 4) is 11.5 Å². The second kappa shape index (κ2) is 10.7. The van der Waals surface area contributed by atoms with Crippen molar-refractivity contribution < 1.29 is 19.1 Å². The minimum absolute atomic E-state index is 0.281. The molecule has 2 N–H and O–H groups in total. The number of hydrogen-bond acceptors (Lipinski definition) is 6. The van der Waals surface area contributed by atoms with Gasteiger partial charge in [0.25, 0.3) is 5.91 Å². The van der Waals surface area contributed by atoms with E-state index in [9.17, 15) is 9.59 Å². The molecule has 0 bridgehead atoms. The van der Waals surface area contributed by atoms with Gasteiger partial charge in [-0.25, -0.2) is 14.8 Å². The van der Waals surface area contributed by atoms with Gasteiger partial charge in [0.15, 0.2) is 11.5 Å². The number of fused-ring (bicyclic) bond motifs is 2. The number of nitrogens with one attached hydrogen (secondary N) is 2. The third-order valence-electron chi connectivity index (χ3n) is 6.49. The number of benzene rings is 4. The number of amides is 3. The van der Waals surface area contributed by atoms with Crippen LogP contribution in [0.4, 0.5) is 22.0 Å². The van der Waals surface area contributed by atoms with Crippen LogP contribution >= 0.6 is 0 Å². The van der Waals surface area contributed by atoms with Crippen LogP contribution in [0.3, 0.4) is 0 Å². The van der Waals surface area contributed by atoms with Crippen LogP contribution < -0.4 is 25.0 Å². The highest BCUT2D eigenvalue weighted by Crippen LogP contribution is 2.34. The summed E-state index contributed by atoms with van der Waals surface area (Å²) in [7, 11) is 4.69. The summed E-state index contributed by atoms with van der Waals surface area (Å²) in [6, 6.07) is 21.9. The quantitative estimate of drug-likeness (QED) is 0.283. The van der Waals surface area contributed by atoms with E-state index >= 15 is 0 Å². The Morgan fingerprint density at radius 1 is 0.821 bits per heavy atom. The Hall–Kier alpha value is -5.18. The first-order chi connectivity index (χ1) is 18.9. The van der Waals surface area contributed by atoms with Crippen molar-refractivity contribution in [3.05, 3.63) is 90.3 Å². The molecule has 4 aromatic carbocycles. The topological polar surface area (TPSA) is 106 Å². The number of carbonyl (C=O) groups is 2. The maximum atomic E-state index is 13.3. The van der Waals surface area contributed by atoms with Gasteiger partial charge in [-0.05, 0) is 53.6 Å². The molecule has 9 heteroatoms. The third-order valence-corrected chi connectivity index (χ3v) is 6.49. The number of anilines is 3. The van der Waals surface area contributed by atoms with Crippen LogP contribution in [0, 0.1) is 6.92 Å². The van der Waals surface area contributed by atoms with Gasteiger partial charge >= 0.3 is 6.03 Å². The third kappa shape index (κ3) is 5.15. The van der Waals surface area contributed by atoms with E-state index in [0.717, 1.165) is 16.3 Å². The molecule has 0 atom stereocenters. The zero-order valence-corrected chi connectivity index (χ0v) is 22.0. The lowest BCUT2D eigenvalue weighted by Gasteiger charge is -2.20. The summed E-state index contributed by atoms with van der Waals surface area (Å²) in [6.45, 7) is 1.86. The Bertz CT molecular complexity index is 1720. The molecule has 3 amide bonds. The normalized spacial score (nSPS) is 10.8. The molecule has 5 rings (SSSR count). The molecule has 39 heavy (non-hydrogen) atoms. The number of methoxy groups -OCH3 is 2. The van der Waals surface area contributed by atoms with Crippen molar-refractivity contribution in [2.75, 3.05) is 36.8 Å². The minimum atomic E-state index is -0.431. The predicted molar refractivity (Wildman–Crippen MR) is 153 cm³/mol. The molecule has 0 fully saturated rings. The average Bonchev–Trinajstić information content (AvgIpc) is 2.96. The van der Waals surface area contributed by atoms with E-state index in [-0.39, 0.29) is 5.91 Å². The number of rotatable bonds is 6. The molecule has 1 aromatic heterocycles. The number of nitrogens with zero attached hydrogens (tertiary/aromatic N) is 3. The Kier molecular flexibility index (Phi) is 6.96. The van der Waals surface area contributed by atoms with Crippen LogP contribution in [0.25, 0.3) is 21.7 Å². The molecular formula is C30H27N5O4. The zero-order chi connectivity index (χ0) is 27.5. The fraction of sp³-hybridized carbons (Fsp3) is 0.133. The Balaban J connectivity index is 1.37. The first-order valence-electron chi connectivity index (χ1n) is 12.2. The van der Waals surface area contributed by atoms with Gasteiger partial charge in [-0.15, -0.1) is 0 Å². The smallest absolute Gasteiger partial charge is 0.327 e. The molecule has 1 heterocycles. The fourth-order valence-electron chi connectivity index (χ4n) is 4.30. The highest BCUT2D eigenvalue weighted by atomic mass is 16.5. The van der Waals surface area contributed by atoms with E-state index in [1.54, 1.807) is 44.5 Å². The highest BCUT2D eigenvalue weighted by Gasteiger charge is 2.19. The lowest BCUT2D eigenvalue weighted by Crippen LogP contribution is -2.32. The van der Waals surface area contributed by atoms with Crippen LogP contribution in [-0.2, 0) is 0 Å². The van der Waals surface area contributed by atoms with Crippen molar-refractivity contribution in [2.45, 2.75) is 6.92 Å². The van der Waals surface area contributed by atoms with Crippen LogP contribution in [0.15, 0.2) is 79.1 Å². The van der Waals surface area contributed by atoms with Gasteiger partial charge in [0, 0.05) is 35.4 Å². The zero-order valence-electron chi connectivity index (χ0n) is 22.0. The predicted octanol–water partition coefficient (Wildman–Crippen LogP) is 6.03. The Labute approximate surface area is 225 Å². The van der Waals surface area contributed by atoms with Gasteiger partial charge in [0.1, 0.15) is 12.1 Å². The van der Waals surface area contributed by atoms with Gasteiger partial charge in [-0.1, -0.05) is 36.4 Å². The summed E-state index contributed by atoms with van der Waals surface area (Å²) in [6.07, 6.45) is 1.39. The molecule has 0 unspecified atom stereocenters. The molecule has 196 valence electrons. The lowest BCUT2D eigenvalue weighted by atomic mass is 10.1. The minimum Gasteiger partial charge on any atom is -0.493 e. The monoisotopic (exact) mass is 521 g/mol. The van der Waals surface area contributed by atoms with E-state index in [0.29, 0.717) is 45.2 Å². The maximum absolute atomic E-state index is 13.3. The fourth-order valence-corrected chi connectivity index (χ4v) is 4.30. The number of carbonyl (C=O) groups excluding carboxylic acids is 2. The van der Waals surface area contributed by atoms with Gasteiger partial charge in [0.2, 0.25) is 0 Å². The van der Waals surface area contributed by atoms with Crippen molar-refractivity contribution in [3.63, 3.8) is 0 Å². The Morgan fingerprint density at radius 2 is 1.56 bits per heavy atom. The molecule has 5 aromatic rings. The standard InChI is InChI=1S/C30H27N5O4/c1-18-9-10-21(29(36)33-22-12-11-19-7-5-6-8-20(19)13-22)14-24(18)34-30(37)35(2)28-23-15-26(38-3)27(39-4)16-25(23)31-17-32-28/h5-17H,1-4H3,(H,33,36)(H,34,37). The summed E-state index contributed by atoms with van der Waals surface area (Å²) in [4.78, 5) is 36.3. The number of urea groups is 1. The van der Waals surface area contributed by atoms with E-state index in [1.807, 2.05) is 49.4 Å².